The molecule has 130 valence electrons. The van der Waals surface area contributed by atoms with Gasteiger partial charge in [0, 0.05) is 11.1 Å². The summed E-state index contributed by atoms with van der Waals surface area (Å²) in [5.74, 6) is 0.0522. The van der Waals surface area contributed by atoms with E-state index in [-0.39, 0.29) is 24.4 Å². The van der Waals surface area contributed by atoms with E-state index >= 15 is 0 Å². The fourth-order valence-electron chi connectivity index (χ4n) is 3.16. The van der Waals surface area contributed by atoms with E-state index in [1.165, 1.54) is 6.42 Å². The van der Waals surface area contributed by atoms with Crippen molar-refractivity contribution in [3.8, 4) is 0 Å². The molecule has 0 saturated carbocycles. The molecule has 0 radical (unpaired) electrons. The Balaban J connectivity index is 0.00000264. The quantitative estimate of drug-likeness (QED) is 0.819. The van der Waals surface area contributed by atoms with Crippen molar-refractivity contribution in [1.29, 1.82) is 0 Å². The van der Waals surface area contributed by atoms with Crippen LogP contribution in [0, 0.1) is 0 Å². The zero-order valence-corrected chi connectivity index (χ0v) is 15.2. The molecule has 4 nitrogen and oxygen atoms in total. The molecule has 1 aliphatic heterocycles. The van der Waals surface area contributed by atoms with Crippen LogP contribution in [0.25, 0.3) is 0 Å². The van der Waals surface area contributed by atoms with Gasteiger partial charge in [-0.05, 0) is 50.9 Å². The van der Waals surface area contributed by atoms with Crippen LogP contribution in [0.5, 0.6) is 0 Å². The highest BCUT2D eigenvalue weighted by molar-refractivity contribution is 6.31. The van der Waals surface area contributed by atoms with E-state index in [1.807, 2.05) is 31.2 Å². The summed E-state index contributed by atoms with van der Waals surface area (Å²) in [6, 6.07) is 7.99. The van der Waals surface area contributed by atoms with Crippen molar-refractivity contribution < 1.29 is 4.79 Å². The molecule has 1 heterocycles. The van der Waals surface area contributed by atoms with Crippen LogP contribution >= 0.6 is 24.0 Å². The van der Waals surface area contributed by atoms with Crippen molar-refractivity contribution >= 4 is 29.9 Å². The van der Waals surface area contributed by atoms with E-state index in [2.05, 4.69) is 10.2 Å². The summed E-state index contributed by atoms with van der Waals surface area (Å²) in [5.41, 5.74) is 6.64. The van der Waals surface area contributed by atoms with E-state index < -0.39 is 0 Å². The number of hydrogen-bond donors (Lipinski definition) is 2. The lowest BCUT2D eigenvalue weighted by Gasteiger charge is -2.35. The van der Waals surface area contributed by atoms with Crippen molar-refractivity contribution in [2.24, 2.45) is 5.73 Å². The summed E-state index contributed by atoms with van der Waals surface area (Å²) >= 11 is 6.18. The number of hydrogen-bond acceptors (Lipinski definition) is 3. The highest BCUT2D eigenvalue weighted by atomic mass is 35.5. The number of carbonyl (C=O) groups excluding carboxylic acids is 1. The number of nitrogens with one attached hydrogen (secondary N) is 1. The smallest absolute Gasteiger partial charge is 0.234 e. The minimum atomic E-state index is -0.0843. The number of nitrogens with two attached hydrogens (primary N) is 1. The molecule has 1 amide bonds. The largest absolute Gasteiger partial charge is 0.348 e. The van der Waals surface area contributed by atoms with Crippen molar-refractivity contribution in [3.05, 3.63) is 34.9 Å². The molecule has 23 heavy (non-hydrogen) atoms. The summed E-state index contributed by atoms with van der Waals surface area (Å²) in [5, 5.41) is 3.74. The Morgan fingerprint density at radius 1 is 1.43 bits per heavy atom. The average Bonchev–Trinajstić information content (AvgIpc) is 2.49. The number of piperidine rings is 1. The lowest BCUT2D eigenvalue weighted by atomic mass is 9.99. The number of rotatable bonds is 6. The predicted molar refractivity (Wildman–Crippen MR) is 98.1 cm³/mol. The lowest BCUT2D eigenvalue weighted by Crippen LogP contribution is -2.46. The second-order valence-corrected chi connectivity index (χ2v) is 6.42. The molecule has 2 atom stereocenters. The van der Waals surface area contributed by atoms with E-state index in [4.69, 9.17) is 17.3 Å². The molecule has 2 unspecified atom stereocenters. The molecule has 1 aromatic carbocycles. The van der Waals surface area contributed by atoms with Gasteiger partial charge in [-0.25, -0.2) is 0 Å². The van der Waals surface area contributed by atoms with E-state index in [0.29, 0.717) is 24.2 Å². The van der Waals surface area contributed by atoms with Gasteiger partial charge in [0.05, 0.1) is 12.6 Å². The van der Waals surface area contributed by atoms with Gasteiger partial charge < -0.3 is 11.1 Å². The second-order valence-electron chi connectivity index (χ2n) is 6.01. The Kier molecular flexibility index (Phi) is 8.92. The SMILES string of the molecule is CC(NC(=O)CN1CCCCC1CCN)c1ccccc1Cl.Cl. The fourth-order valence-corrected chi connectivity index (χ4v) is 3.46. The van der Waals surface area contributed by atoms with Crippen molar-refractivity contribution in [2.75, 3.05) is 19.6 Å². The molecule has 1 aromatic rings. The van der Waals surface area contributed by atoms with Crippen LogP contribution in [0.3, 0.4) is 0 Å². The van der Waals surface area contributed by atoms with Gasteiger partial charge in [0.15, 0.2) is 0 Å². The summed E-state index contributed by atoms with van der Waals surface area (Å²) in [7, 11) is 0. The highest BCUT2D eigenvalue weighted by Gasteiger charge is 2.24. The third-order valence-corrected chi connectivity index (χ3v) is 4.69. The van der Waals surface area contributed by atoms with Crippen molar-refractivity contribution in [3.63, 3.8) is 0 Å². The third-order valence-electron chi connectivity index (χ3n) is 4.34. The number of amides is 1. The molecule has 1 saturated heterocycles. The van der Waals surface area contributed by atoms with Crippen molar-refractivity contribution in [2.45, 2.75) is 44.7 Å². The van der Waals surface area contributed by atoms with Gasteiger partial charge in [-0.3, -0.25) is 9.69 Å². The molecule has 1 fully saturated rings. The van der Waals surface area contributed by atoms with Gasteiger partial charge in [0.2, 0.25) is 5.91 Å². The van der Waals surface area contributed by atoms with Crippen LogP contribution < -0.4 is 11.1 Å². The fraction of sp³-hybridized carbons (Fsp3) is 0.588. The summed E-state index contributed by atoms with van der Waals surface area (Å²) in [6.07, 6.45) is 4.51. The van der Waals surface area contributed by atoms with E-state index in [0.717, 1.165) is 31.4 Å². The molecular weight excluding hydrogens is 333 g/mol. The van der Waals surface area contributed by atoms with Gasteiger partial charge in [-0.1, -0.05) is 36.2 Å². The Labute approximate surface area is 150 Å². The average molecular weight is 360 g/mol. The van der Waals surface area contributed by atoms with Crippen LogP contribution in [-0.2, 0) is 4.79 Å². The van der Waals surface area contributed by atoms with Crippen LogP contribution in [0.1, 0.15) is 44.2 Å². The molecular formula is C17H27Cl2N3O. The minimum absolute atomic E-state index is 0. The van der Waals surface area contributed by atoms with Crippen LogP contribution in [0.2, 0.25) is 5.02 Å². The van der Waals surface area contributed by atoms with Gasteiger partial charge in [-0.15, -0.1) is 12.4 Å². The second kappa shape index (κ2) is 10.1. The minimum Gasteiger partial charge on any atom is -0.348 e. The maximum Gasteiger partial charge on any atom is 0.234 e. The number of benzene rings is 1. The highest BCUT2D eigenvalue weighted by Crippen LogP contribution is 2.22. The Morgan fingerprint density at radius 3 is 2.87 bits per heavy atom. The number of nitrogens with zero attached hydrogens (tertiary/aromatic N) is 1. The van der Waals surface area contributed by atoms with Gasteiger partial charge in [0.25, 0.3) is 0 Å². The summed E-state index contributed by atoms with van der Waals surface area (Å²) in [4.78, 5) is 14.6. The molecule has 0 aliphatic carbocycles. The summed E-state index contributed by atoms with van der Waals surface area (Å²) < 4.78 is 0. The number of carbonyl (C=O) groups is 1. The Morgan fingerprint density at radius 2 is 2.17 bits per heavy atom. The first kappa shape index (κ1) is 20.2. The van der Waals surface area contributed by atoms with Gasteiger partial charge >= 0.3 is 0 Å². The van der Waals surface area contributed by atoms with E-state index in [9.17, 15) is 4.79 Å². The first-order valence-corrected chi connectivity index (χ1v) is 8.47. The number of likely N-dealkylation sites (tertiary alicyclic amines) is 1. The van der Waals surface area contributed by atoms with Crippen molar-refractivity contribution in [1.82, 2.24) is 10.2 Å². The Bertz CT molecular complexity index is 496. The van der Waals surface area contributed by atoms with Crippen LogP contribution in [0.15, 0.2) is 24.3 Å². The van der Waals surface area contributed by atoms with Gasteiger partial charge in [0.1, 0.15) is 0 Å². The molecule has 3 N–H and O–H groups in total. The zero-order valence-electron chi connectivity index (χ0n) is 13.6. The zero-order chi connectivity index (χ0) is 15.9. The Hall–Kier alpha value is -0.810. The first-order valence-electron chi connectivity index (χ1n) is 8.09. The molecule has 1 aliphatic rings. The topological polar surface area (TPSA) is 58.4 Å². The maximum absolute atomic E-state index is 12.3. The maximum atomic E-state index is 12.3. The molecule has 0 spiro atoms. The molecule has 0 aromatic heterocycles. The predicted octanol–water partition coefficient (Wildman–Crippen LogP) is 3.14. The first-order chi connectivity index (χ1) is 10.6. The van der Waals surface area contributed by atoms with Crippen LogP contribution in [-0.4, -0.2) is 36.5 Å². The molecule has 6 heteroatoms. The van der Waals surface area contributed by atoms with E-state index in [1.54, 1.807) is 0 Å². The summed E-state index contributed by atoms with van der Waals surface area (Å²) in [6.45, 7) is 4.07. The number of halogens is 2. The van der Waals surface area contributed by atoms with Gasteiger partial charge in [-0.2, -0.15) is 0 Å². The standard InChI is InChI=1S/C17H26ClN3O.ClH/c1-13(15-7-2-3-8-16(15)18)20-17(22)12-21-11-5-4-6-14(21)9-10-19;/h2-3,7-8,13-14H,4-6,9-12,19H2,1H3,(H,20,22);1H. The molecule has 0 bridgehead atoms. The third kappa shape index (κ3) is 5.96. The molecule has 2 rings (SSSR count). The lowest BCUT2D eigenvalue weighted by molar-refractivity contribution is -0.123. The monoisotopic (exact) mass is 359 g/mol. The normalized spacial score (nSPS) is 19.7. The van der Waals surface area contributed by atoms with Crippen LogP contribution in [0.4, 0.5) is 0 Å².